The standard InChI is InChI=1S/C17H24F6N2OSSi/c1-10(2)14(9-26-28(3,4)5)25-15(27)24-13-7-11(16(18,19)20)6-12(8-13)17(21,22)23/h6-8,10,14H,9H2,1-5H3,(H2,24,25,27)/t14-/m1/s1. The molecule has 0 saturated heterocycles. The average molecular weight is 447 g/mol. The predicted octanol–water partition coefficient (Wildman–Crippen LogP) is 5.89. The van der Waals surface area contributed by atoms with Crippen LogP contribution in [0.15, 0.2) is 18.2 Å². The number of rotatable bonds is 6. The summed E-state index contributed by atoms with van der Waals surface area (Å²) in [6.45, 7) is 10.1. The van der Waals surface area contributed by atoms with Crippen LogP contribution in [0.25, 0.3) is 0 Å². The van der Waals surface area contributed by atoms with Gasteiger partial charge < -0.3 is 15.1 Å². The second kappa shape index (κ2) is 9.00. The van der Waals surface area contributed by atoms with Crippen LogP contribution in [0.2, 0.25) is 19.6 Å². The highest BCUT2D eigenvalue weighted by molar-refractivity contribution is 7.80. The quantitative estimate of drug-likeness (QED) is 0.325. The largest absolute Gasteiger partial charge is 0.416 e. The van der Waals surface area contributed by atoms with E-state index in [2.05, 4.69) is 10.6 Å². The second-order valence-electron chi connectivity index (χ2n) is 7.67. The molecule has 0 aliphatic heterocycles. The molecule has 1 aromatic rings. The molecular formula is C17H24F6N2OSSi. The normalized spacial score (nSPS) is 14.1. The van der Waals surface area contributed by atoms with Crippen LogP contribution >= 0.6 is 12.2 Å². The molecule has 11 heteroatoms. The molecule has 0 spiro atoms. The van der Waals surface area contributed by atoms with Gasteiger partial charge >= 0.3 is 12.4 Å². The molecule has 0 aromatic heterocycles. The van der Waals surface area contributed by atoms with Crippen LogP contribution in [-0.2, 0) is 16.8 Å². The highest BCUT2D eigenvalue weighted by Gasteiger charge is 2.37. The number of halogens is 6. The maximum absolute atomic E-state index is 12.9. The zero-order chi connectivity index (χ0) is 21.9. The minimum absolute atomic E-state index is 0.0698. The Morgan fingerprint density at radius 2 is 1.46 bits per heavy atom. The van der Waals surface area contributed by atoms with E-state index in [1.54, 1.807) is 0 Å². The Balaban J connectivity index is 3.00. The lowest BCUT2D eigenvalue weighted by molar-refractivity contribution is -0.143. The highest BCUT2D eigenvalue weighted by atomic mass is 32.1. The minimum Gasteiger partial charge on any atom is -0.416 e. The number of benzene rings is 1. The summed E-state index contributed by atoms with van der Waals surface area (Å²) < 4.78 is 83.5. The van der Waals surface area contributed by atoms with E-state index in [0.29, 0.717) is 18.7 Å². The fourth-order valence-electron chi connectivity index (χ4n) is 2.10. The third kappa shape index (κ3) is 8.35. The average Bonchev–Trinajstić information content (AvgIpc) is 2.48. The summed E-state index contributed by atoms with van der Waals surface area (Å²) in [5.74, 6) is 0.0725. The van der Waals surface area contributed by atoms with Crippen LogP contribution in [0.3, 0.4) is 0 Å². The van der Waals surface area contributed by atoms with E-state index in [1.165, 1.54) is 0 Å². The van der Waals surface area contributed by atoms with Crippen LogP contribution in [0.5, 0.6) is 0 Å². The summed E-state index contributed by atoms with van der Waals surface area (Å²) in [5.41, 5.74) is -3.21. The first-order valence-electron chi connectivity index (χ1n) is 8.50. The Hall–Kier alpha value is -1.33. The van der Waals surface area contributed by atoms with Gasteiger partial charge in [0.2, 0.25) is 0 Å². The summed E-state index contributed by atoms with van der Waals surface area (Å²) in [4.78, 5) is 0. The molecule has 160 valence electrons. The number of alkyl halides is 6. The second-order valence-corrected chi connectivity index (χ2v) is 12.6. The molecule has 1 aromatic carbocycles. The molecular weight excluding hydrogens is 422 g/mol. The molecule has 0 radical (unpaired) electrons. The van der Waals surface area contributed by atoms with Crippen molar-refractivity contribution in [3.8, 4) is 0 Å². The van der Waals surface area contributed by atoms with Crippen LogP contribution < -0.4 is 10.6 Å². The SMILES string of the molecule is CC(C)[C@@H](CO[Si](C)(C)C)NC(=S)Nc1cc(C(F)(F)F)cc(C(F)(F)F)c1. The van der Waals surface area contributed by atoms with Gasteiger partial charge in [-0.05, 0) is 56.0 Å². The number of anilines is 1. The van der Waals surface area contributed by atoms with Crippen molar-refractivity contribution in [3.05, 3.63) is 29.3 Å². The van der Waals surface area contributed by atoms with Crippen molar-refractivity contribution in [1.29, 1.82) is 0 Å². The van der Waals surface area contributed by atoms with Crippen molar-refractivity contribution in [2.75, 3.05) is 11.9 Å². The highest BCUT2D eigenvalue weighted by Crippen LogP contribution is 2.37. The lowest BCUT2D eigenvalue weighted by Crippen LogP contribution is -2.46. The Bertz CT molecular complexity index is 653. The molecule has 0 bridgehead atoms. The molecule has 0 heterocycles. The van der Waals surface area contributed by atoms with Gasteiger partial charge in [0.15, 0.2) is 13.4 Å². The zero-order valence-electron chi connectivity index (χ0n) is 16.2. The zero-order valence-corrected chi connectivity index (χ0v) is 18.0. The molecule has 2 N–H and O–H groups in total. The third-order valence-corrected chi connectivity index (χ3v) is 4.92. The van der Waals surface area contributed by atoms with E-state index in [-0.39, 0.29) is 23.1 Å². The molecule has 1 rings (SSSR count). The summed E-state index contributed by atoms with van der Waals surface area (Å²) >= 11 is 5.08. The maximum atomic E-state index is 12.9. The van der Waals surface area contributed by atoms with Crippen molar-refractivity contribution < 1.29 is 30.8 Å². The molecule has 0 unspecified atom stereocenters. The molecule has 0 amide bonds. The minimum atomic E-state index is -4.92. The first-order chi connectivity index (χ1) is 12.5. The predicted molar refractivity (Wildman–Crippen MR) is 104 cm³/mol. The Kier molecular flexibility index (Phi) is 7.94. The van der Waals surface area contributed by atoms with Gasteiger partial charge in [-0.2, -0.15) is 26.3 Å². The number of thiocarbonyl (C=S) groups is 1. The van der Waals surface area contributed by atoms with Crippen molar-refractivity contribution in [1.82, 2.24) is 5.32 Å². The van der Waals surface area contributed by atoms with Crippen LogP contribution in [0.1, 0.15) is 25.0 Å². The van der Waals surface area contributed by atoms with Gasteiger partial charge in [-0.3, -0.25) is 0 Å². The fourth-order valence-corrected chi connectivity index (χ4v) is 3.05. The summed E-state index contributed by atoms with van der Waals surface area (Å²) in [6.07, 6.45) is -9.84. The monoisotopic (exact) mass is 446 g/mol. The summed E-state index contributed by atoms with van der Waals surface area (Å²) in [5, 5.41) is 5.26. The Morgan fingerprint density at radius 1 is 1.00 bits per heavy atom. The Morgan fingerprint density at radius 3 is 1.82 bits per heavy atom. The molecule has 0 fully saturated rings. The first kappa shape index (κ1) is 24.7. The summed E-state index contributed by atoms with van der Waals surface area (Å²) in [6, 6.07) is 0.998. The van der Waals surface area contributed by atoms with E-state index in [4.69, 9.17) is 16.6 Å². The van der Waals surface area contributed by atoms with E-state index in [9.17, 15) is 26.3 Å². The molecule has 1 atom stereocenters. The molecule has 0 saturated carbocycles. The van der Waals surface area contributed by atoms with Crippen molar-refractivity contribution in [2.45, 2.75) is 51.9 Å². The number of hydrogen-bond donors (Lipinski definition) is 2. The molecule has 28 heavy (non-hydrogen) atoms. The first-order valence-corrected chi connectivity index (χ1v) is 12.3. The van der Waals surface area contributed by atoms with Gasteiger partial charge in [0.25, 0.3) is 0 Å². The topological polar surface area (TPSA) is 33.3 Å². The number of nitrogens with one attached hydrogen (secondary N) is 2. The van der Waals surface area contributed by atoms with Crippen molar-refractivity contribution >= 4 is 31.3 Å². The summed E-state index contributed by atoms with van der Waals surface area (Å²) in [7, 11) is -1.80. The van der Waals surface area contributed by atoms with Gasteiger partial charge in [0.1, 0.15) is 0 Å². The lowest BCUT2D eigenvalue weighted by Gasteiger charge is -2.28. The molecule has 0 aliphatic rings. The Labute approximate surface area is 167 Å². The van der Waals surface area contributed by atoms with E-state index in [0.717, 1.165) is 0 Å². The van der Waals surface area contributed by atoms with Crippen LogP contribution in [0.4, 0.5) is 32.0 Å². The van der Waals surface area contributed by atoms with Gasteiger partial charge in [-0.15, -0.1) is 0 Å². The van der Waals surface area contributed by atoms with Gasteiger partial charge in [0.05, 0.1) is 23.8 Å². The van der Waals surface area contributed by atoms with E-state index >= 15 is 0 Å². The van der Waals surface area contributed by atoms with Crippen LogP contribution in [0, 0.1) is 5.92 Å². The van der Waals surface area contributed by atoms with E-state index in [1.807, 2.05) is 33.5 Å². The maximum Gasteiger partial charge on any atom is 0.416 e. The lowest BCUT2D eigenvalue weighted by atomic mass is 10.1. The molecule has 3 nitrogen and oxygen atoms in total. The fraction of sp³-hybridized carbons (Fsp3) is 0.588. The van der Waals surface area contributed by atoms with Gasteiger partial charge in [-0.1, -0.05) is 13.8 Å². The third-order valence-electron chi connectivity index (χ3n) is 3.66. The molecule has 0 aliphatic carbocycles. The van der Waals surface area contributed by atoms with Gasteiger partial charge in [0, 0.05) is 5.69 Å². The van der Waals surface area contributed by atoms with Gasteiger partial charge in [-0.25, -0.2) is 0 Å². The van der Waals surface area contributed by atoms with Crippen molar-refractivity contribution in [2.24, 2.45) is 5.92 Å². The van der Waals surface area contributed by atoms with Crippen molar-refractivity contribution in [3.63, 3.8) is 0 Å². The van der Waals surface area contributed by atoms with Crippen LogP contribution in [-0.4, -0.2) is 26.1 Å². The number of hydrogen-bond acceptors (Lipinski definition) is 2. The van der Waals surface area contributed by atoms with E-state index < -0.39 is 37.5 Å². The smallest absolute Gasteiger partial charge is 0.416 e.